The van der Waals surface area contributed by atoms with Crippen LogP contribution in [0.15, 0.2) is 29.3 Å². The van der Waals surface area contributed by atoms with E-state index in [0.717, 1.165) is 5.56 Å². The van der Waals surface area contributed by atoms with Crippen LogP contribution in [0.25, 0.3) is 0 Å². The van der Waals surface area contributed by atoms with Gasteiger partial charge < -0.3 is 15.0 Å². The summed E-state index contributed by atoms with van der Waals surface area (Å²) >= 11 is 0. The molecule has 1 aromatic carbocycles. The zero-order chi connectivity index (χ0) is 18.9. The van der Waals surface area contributed by atoms with Crippen molar-refractivity contribution in [2.75, 3.05) is 36.1 Å². The number of hydrogen-bond acceptors (Lipinski definition) is 7. The molecular formula is C16H19N5O4S. The maximum atomic E-state index is 12.8. The van der Waals surface area contributed by atoms with E-state index >= 15 is 0 Å². The van der Waals surface area contributed by atoms with E-state index in [1.807, 2.05) is 0 Å². The van der Waals surface area contributed by atoms with Crippen LogP contribution in [0.5, 0.6) is 6.01 Å². The third-order valence-corrected chi connectivity index (χ3v) is 5.24. The van der Waals surface area contributed by atoms with Crippen molar-refractivity contribution in [3.8, 4) is 6.01 Å². The quantitative estimate of drug-likeness (QED) is 0.806. The molecule has 1 aromatic heterocycles. The molecule has 0 atom stereocenters. The second kappa shape index (κ2) is 6.79. The van der Waals surface area contributed by atoms with Crippen molar-refractivity contribution in [2.24, 2.45) is 0 Å². The van der Waals surface area contributed by atoms with Gasteiger partial charge in [-0.25, -0.2) is 13.4 Å². The number of hydrogen-bond donors (Lipinski definition) is 2. The number of sulfonamides is 1. The predicted octanol–water partition coefficient (Wildman–Crippen LogP) is 1.24. The van der Waals surface area contributed by atoms with Crippen LogP contribution in [0.1, 0.15) is 12.0 Å². The molecule has 2 aromatic rings. The Kier molecular flexibility index (Phi) is 4.68. The van der Waals surface area contributed by atoms with Gasteiger partial charge in [0.05, 0.1) is 18.2 Å². The Morgan fingerprint density at radius 3 is 2.73 bits per heavy atom. The fourth-order valence-corrected chi connectivity index (χ4v) is 3.70. The molecule has 0 spiro atoms. The van der Waals surface area contributed by atoms with Crippen molar-refractivity contribution in [1.29, 1.82) is 0 Å². The van der Waals surface area contributed by atoms with E-state index in [1.165, 1.54) is 19.4 Å². The highest BCUT2D eigenvalue weighted by molar-refractivity contribution is 7.92. The Morgan fingerprint density at radius 1 is 1.27 bits per heavy atom. The summed E-state index contributed by atoms with van der Waals surface area (Å²) in [6.45, 7) is 0. The summed E-state index contributed by atoms with van der Waals surface area (Å²) in [5.74, 6) is 0.308. The molecule has 26 heavy (non-hydrogen) atoms. The molecule has 0 aliphatic carbocycles. The molecule has 138 valence electrons. The lowest BCUT2D eigenvalue weighted by Crippen LogP contribution is -2.21. The van der Waals surface area contributed by atoms with E-state index in [-0.39, 0.29) is 22.5 Å². The molecule has 3 rings (SSSR count). The van der Waals surface area contributed by atoms with Crippen LogP contribution >= 0.6 is 0 Å². The Hall–Kier alpha value is -2.88. The molecule has 0 unspecified atom stereocenters. The molecule has 1 amide bonds. The molecular weight excluding hydrogens is 358 g/mol. The van der Waals surface area contributed by atoms with E-state index in [1.54, 1.807) is 31.1 Å². The first-order valence-corrected chi connectivity index (χ1v) is 9.32. The summed E-state index contributed by atoms with van der Waals surface area (Å²) in [7, 11) is 1.06. The first-order chi connectivity index (χ1) is 12.3. The maximum absolute atomic E-state index is 12.8. The molecule has 9 nitrogen and oxygen atoms in total. The highest BCUT2D eigenvalue weighted by Gasteiger charge is 2.22. The highest BCUT2D eigenvalue weighted by Crippen LogP contribution is 2.29. The average Bonchev–Trinajstić information content (AvgIpc) is 2.61. The Labute approximate surface area is 151 Å². The number of amides is 1. The smallest absolute Gasteiger partial charge is 0.318 e. The monoisotopic (exact) mass is 377 g/mol. The predicted molar refractivity (Wildman–Crippen MR) is 97.1 cm³/mol. The third-order valence-electron chi connectivity index (χ3n) is 3.88. The first-order valence-electron chi connectivity index (χ1n) is 7.84. The van der Waals surface area contributed by atoms with Gasteiger partial charge in [-0.2, -0.15) is 4.98 Å². The van der Waals surface area contributed by atoms with Gasteiger partial charge in [0, 0.05) is 26.2 Å². The summed E-state index contributed by atoms with van der Waals surface area (Å²) in [5.41, 5.74) is 1.66. The van der Waals surface area contributed by atoms with Crippen LogP contribution in [-0.2, 0) is 21.2 Å². The lowest BCUT2D eigenvalue weighted by molar-refractivity contribution is -0.116. The molecule has 0 radical (unpaired) electrons. The number of nitrogens with zero attached hydrogens (tertiary/aromatic N) is 3. The van der Waals surface area contributed by atoms with Crippen LogP contribution in [0.3, 0.4) is 0 Å². The minimum Gasteiger partial charge on any atom is -0.467 e. The number of aryl methyl sites for hydroxylation is 1. The molecule has 2 N–H and O–H groups in total. The summed E-state index contributed by atoms with van der Waals surface area (Å²) in [5, 5.41) is 2.73. The van der Waals surface area contributed by atoms with Gasteiger partial charge in [-0.15, -0.1) is 0 Å². The van der Waals surface area contributed by atoms with Crippen LogP contribution < -0.4 is 19.7 Å². The molecule has 1 aliphatic heterocycles. The lowest BCUT2D eigenvalue weighted by atomic mass is 10.0. The summed E-state index contributed by atoms with van der Waals surface area (Å²) in [4.78, 5) is 21.3. The number of nitrogens with one attached hydrogen (secondary N) is 2. The average molecular weight is 377 g/mol. The first kappa shape index (κ1) is 17.9. The molecule has 10 heteroatoms. The number of carbonyl (C=O) groups is 1. The van der Waals surface area contributed by atoms with Crippen molar-refractivity contribution < 1.29 is 17.9 Å². The van der Waals surface area contributed by atoms with E-state index in [9.17, 15) is 13.2 Å². The van der Waals surface area contributed by atoms with Crippen molar-refractivity contribution in [2.45, 2.75) is 17.7 Å². The van der Waals surface area contributed by atoms with Crippen LogP contribution in [0.2, 0.25) is 0 Å². The number of carbonyl (C=O) groups excluding carboxylic acids is 1. The van der Waals surface area contributed by atoms with Gasteiger partial charge in [0.25, 0.3) is 10.0 Å². The van der Waals surface area contributed by atoms with Crippen molar-refractivity contribution >= 4 is 33.1 Å². The zero-order valence-corrected chi connectivity index (χ0v) is 15.4. The Bertz CT molecular complexity index is 959. The number of fused-ring (bicyclic) bond motifs is 1. The number of benzene rings is 1. The molecule has 1 aliphatic rings. The number of rotatable bonds is 5. The molecule has 2 heterocycles. The molecule has 0 saturated heterocycles. The van der Waals surface area contributed by atoms with Gasteiger partial charge in [0.1, 0.15) is 5.69 Å². The summed E-state index contributed by atoms with van der Waals surface area (Å²) in [6, 6.07) is 4.75. The third kappa shape index (κ3) is 3.54. The number of anilines is 3. The van der Waals surface area contributed by atoms with Gasteiger partial charge in [0.15, 0.2) is 5.82 Å². The fourth-order valence-electron chi connectivity index (χ4n) is 2.60. The van der Waals surface area contributed by atoms with Crippen molar-refractivity contribution in [1.82, 2.24) is 9.97 Å². The van der Waals surface area contributed by atoms with Gasteiger partial charge >= 0.3 is 6.01 Å². The normalized spacial score (nSPS) is 13.6. The Balaban J connectivity index is 1.94. The van der Waals surface area contributed by atoms with Crippen molar-refractivity contribution in [3.63, 3.8) is 0 Å². The van der Waals surface area contributed by atoms with E-state index < -0.39 is 10.0 Å². The fraction of sp³-hybridized carbons (Fsp3) is 0.312. The topological polar surface area (TPSA) is 114 Å². The number of ether oxygens (including phenoxy) is 1. The standard InChI is InChI=1S/C16H19N5O4S/c1-21(2)15-13(9-17-16(19-15)25-3)20-26(23,24)11-5-6-12-10(8-11)4-7-14(22)18-12/h5-6,8-9,20H,4,7H2,1-3H3,(H,18,22). The Morgan fingerprint density at radius 2 is 2.04 bits per heavy atom. The van der Waals surface area contributed by atoms with Gasteiger partial charge in [-0.05, 0) is 30.2 Å². The zero-order valence-electron chi connectivity index (χ0n) is 14.6. The number of aromatic nitrogens is 2. The molecule has 0 saturated carbocycles. The SMILES string of the molecule is COc1ncc(NS(=O)(=O)c2ccc3c(c2)CCC(=O)N3)c(N(C)C)n1. The summed E-state index contributed by atoms with van der Waals surface area (Å²) < 4.78 is 33.1. The second-order valence-corrected chi connectivity index (χ2v) is 7.64. The second-order valence-electron chi connectivity index (χ2n) is 5.96. The van der Waals surface area contributed by atoms with Crippen LogP contribution in [0.4, 0.5) is 17.2 Å². The van der Waals surface area contributed by atoms with Gasteiger partial charge in [-0.3, -0.25) is 9.52 Å². The van der Waals surface area contributed by atoms with E-state index in [4.69, 9.17) is 4.74 Å². The van der Waals surface area contributed by atoms with Gasteiger partial charge in [-0.1, -0.05) is 0 Å². The van der Waals surface area contributed by atoms with Crippen LogP contribution in [-0.4, -0.2) is 45.5 Å². The summed E-state index contributed by atoms with van der Waals surface area (Å²) in [6.07, 6.45) is 2.19. The van der Waals surface area contributed by atoms with Crippen molar-refractivity contribution in [3.05, 3.63) is 30.0 Å². The number of methoxy groups -OCH3 is 1. The maximum Gasteiger partial charge on any atom is 0.318 e. The molecule has 0 fully saturated rings. The minimum absolute atomic E-state index is 0.0720. The molecule has 0 bridgehead atoms. The highest BCUT2D eigenvalue weighted by atomic mass is 32.2. The van der Waals surface area contributed by atoms with Gasteiger partial charge in [0.2, 0.25) is 5.91 Å². The van der Waals surface area contributed by atoms with E-state index in [2.05, 4.69) is 20.0 Å². The van der Waals surface area contributed by atoms with E-state index in [0.29, 0.717) is 24.3 Å². The minimum atomic E-state index is -3.85. The lowest BCUT2D eigenvalue weighted by Gasteiger charge is -2.19. The van der Waals surface area contributed by atoms with Crippen LogP contribution in [0, 0.1) is 0 Å². The largest absolute Gasteiger partial charge is 0.467 e.